The predicted molar refractivity (Wildman–Crippen MR) is 228 cm³/mol. The molecule has 14 nitrogen and oxygen atoms in total. The number of aromatic nitrogens is 3. The van der Waals surface area contributed by atoms with Crippen LogP contribution in [-0.4, -0.2) is 160 Å². The van der Waals surface area contributed by atoms with Crippen molar-refractivity contribution in [2.75, 3.05) is 104 Å². The Morgan fingerprint density at radius 2 is 1.50 bits per heavy atom. The maximum absolute atomic E-state index is 15.0. The molecular weight excluding hydrogens is 764 g/mol. The first kappa shape index (κ1) is 41.5. The Hall–Kier alpha value is -5.25. The van der Waals surface area contributed by atoms with Gasteiger partial charge < -0.3 is 30.2 Å². The summed E-state index contributed by atoms with van der Waals surface area (Å²) in [4.78, 5) is 69.6. The van der Waals surface area contributed by atoms with Crippen LogP contribution in [0.15, 0.2) is 59.5 Å². The fraction of sp³-hybridized carbons (Fsp3) is 0.511. The second-order valence-electron chi connectivity index (χ2n) is 17.0. The molecule has 4 saturated heterocycles. The van der Waals surface area contributed by atoms with Crippen molar-refractivity contribution < 1.29 is 18.8 Å². The van der Waals surface area contributed by atoms with E-state index < -0.39 is 11.7 Å². The fourth-order valence-corrected chi connectivity index (χ4v) is 9.45. The Balaban J connectivity index is 0.750. The summed E-state index contributed by atoms with van der Waals surface area (Å²) in [6, 6.07) is 13.6. The number of fused-ring (bicyclic) bond motifs is 1. The van der Waals surface area contributed by atoms with Gasteiger partial charge in [0.2, 0.25) is 5.91 Å². The van der Waals surface area contributed by atoms with Gasteiger partial charge in [-0.25, -0.2) is 14.5 Å². The minimum Gasteiger partial charge on any atom is -0.397 e. The molecule has 8 rings (SSSR count). The average Bonchev–Trinajstić information content (AvgIpc) is 3.28. The number of H-pyrrole nitrogens is 1. The standard InChI is InChI=1S/C45H57FN10O4/c1-2-51-13-5-6-33(29-51)34-26-39(47)42(48-27-34)45(60)55-14-11-31(12-15-55)28-52-16-18-53(19-17-52)30-41(57)54-20-22-56(23-21-54)44(59)37-24-32(9-10-38(37)46)25-40-35-7-3-4-8-36(35)43(58)50-49-40/h3-4,7-10,24,26-27,31,33H,2,5-6,11-23,25,28-30,47H2,1H3,(H,50,58). The number of benzene rings is 2. The number of nitrogens with two attached hydrogens (primary N) is 1. The third-order valence-corrected chi connectivity index (χ3v) is 13.1. The number of nitrogen functional groups attached to an aromatic ring is 1. The Morgan fingerprint density at radius 1 is 0.800 bits per heavy atom. The van der Waals surface area contributed by atoms with Gasteiger partial charge in [0.1, 0.15) is 5.82 Å². The SMILES string of the molecule is CCN1CCCC(c2cnc(C(=O)N3CCC(CN4CCN(CC(=O)N5CCN(C(=O)c6cc(Cc7n[nH]c(=O)c8ccccc78)ccc6F)CC5)CC4)CC3)c(N)c2)C1. The third-order valence-electron chi connectivity index (χ3n) is 13.1. The highest BCUT2D eigenvalue weighted by Gasteiger charge is 2.31. The number of nitrogens with one attached hydrogen (secondary N) is 1. The minimum atomic E-state index is -0.598. The molecule has 3 amide bonds. The summed E-state index contributed by atoms with van der Waals surface area (Å²) in [6.45, 7) is 12.9. The number of rotatable bonds is 10. The van der Waals surface area contributed by atoms with Crippen LogP contribution < -0.4 is 11.3 Å². The van der Waals surface area contributed by atoms with Crippen LogP contribution in [0.25, 0.3) is 10.8 Å². The van der Waals surface area contributed by atoms with E-state index in [4.69, 9.17) is 5.73 Å². The molecule has 60 heavy (non-hydrogen) atoms. The van der Waals surface area contributed by atoms with Crippen LogP contribution in [0.4, 0.5) is 10.1 Å². The van der Waals surface area contributed by atoms with Crippen molar-refractivity contribution in [3.8, 4) is 0 Å². The Labute approximate surface area is 350 Å². The molecule has 1 atom stereocenters. The number of pyridine rings is 1. The van der Waals surface area contributed by atoms with Gasteiger partial charge in [0.05, 0.1) is 28.9 Å². The Morgan fingerprint density at radius 3 is 2.23 bits per heavy atom. The Bertz CT molecular complexity index is 2240. The van der Waals surface area contributed by atoms with Gasteiger partial charge in [-0.2, -0.15) is 5.10 Å². The van der Waals surface area contributed by atoms with Crippen LogP contribution in [0, 0.1) is 11.7 Å². The van der Waals surface area contributed by atoms with E-state index in [-0.39, 0.29) is 22.9 Å². The van der Waals surface area contributed by atoms with E-state index in [9.17, 15) is 19.2 Å². The summed E-state index contributed by atoms with van der Waals surface area (Å²) in [5, 5.41) is 7.99. The van der Waals surface area contributed by atoms with Gasteiger partial charge in [-0.3, -0.25) is 24.1 Å². The van der Waals surface area contributed by atoms with E-state index in [1.807, 2.05) is 29.3 Å². The number of likely N-dealkylation sites (N-methyl/N-ethyl adjacent to an activating group) is 1. The highest BCUT2D eigenvalue weighted by atomic mass is 19.1. The van der Waals surface area contributed by atoms with Gasteiger partial charge in [0, 0.05) is 96.5 Å². The van der Waals surface area contributed by atoms with Gasteiger partial charge in [0.15, 0.2) is 5.69 Å². The lowest BCUT2D eigenvalue weighted by Crippen LogP contribution is -2.55. The molecule has 0 spiro atoms. The highest BCUT2D eigenvalue weighted by Crippen LogP contribution is 2.29. The molecule has 0 saturated carbocycles. The minimum absolute atomic E-state index is 0.0145. The molecule has 2 aromatic carbocycles. The van der Waals surface area contributed by atoms with Crippen LogP contribution in [0.1, 0.15) is 76.2 Å². The fourth-order valence-electron chi connectivity index (χ4n) is 9.45. The number of carbonyl (C=O) groups is 3. The lowest BCUT2D eigenvalue weighted by molar-refractivity contribution is -0.134. The molecule has 6 heterocycles. The topological polar surface area (TPSA) is 155 Å². The number of likely N-dealkylation sites (tertiary alicyclic amines) is 2. The summed E-state index contributed by atoms with van der Waals surface area (Å²) >= 11 is 0. The third kappa shape index (κ3) is 9.38. The average molecular weight is 821 g/mol. The van der Waals surface area contributed by atoms with E-state index in [2.05, 4.69) is 36.8 Å². The van der Waals surface area contributed by atoms with Gasteiger partial charge in [-0.1, -0.05) is 31.2 Å². The molecule has 0 radical (unpaired) electrons. The molecule has 4 fully saturated rings. The first-order chi connectivity index (χ1) is 29.1. The van der Waals surface area contributed by atoms with Crippen LogP contribution >= 0.6 is 0 Å². The molecule has 0 aliphatic carbocycles. The van der Waals surface area contributed by atoms with Crippen molar-refractivity contribution in [1.82, 2.24) is 44.6 Å². The lowest BCUT2D eigenvalue weighted by Gasteiger charge is -2.40. The first-order valence-corrected chi connectivity index (χ1v) is 21.7. The normalized spacial score (nSPS) is 20.2. The number of hydrogen-bond acceptors (Lipinski definition) is 10. The monoisotopic (exact) mass is 820 g/mol. The number of anilines is 1. The zero-order valence-corrected chi connectivity index (χ0v) is 34.7. The van der Waals surface area contributed by atoms with Crippen molar-refractivity contribution in [3.05, 3.63) is 99.0 Å². The summed E-state index contributed by atoms with van der Waals surface area (Å²) < 4.78 is 15.0. The highest BCUT2D eigenvalue weighted by molar-refractivity contribution is 5.97. The summed E-state index contributed by atoms with van der Waals surface area (Å²) in [6.07, 6.45) is 6.35. The molecule has 4 aromatic rings. The zero-order chi connectivity index (χ0) is 41.8. The Kier molecular flexibility index (Phi) is 12.8. The van der Waals surface area contributed by atoms with Crippen LogP contribution in [0.3, 0.4) is 0 Å². The maximum Gasteiger partial charge on any atom is 0.274 e. The molecule has 4 aliphatic heterocycles. The number of carbonyl (C=O) groups excluding carboxylic acids is 3. The molecule has 3 N–H and O–H groups in total. The van der Waals surface area contributed by atoms with E-state index >= 15 is 4.39 Å². The molecule has 15 heteroatoms. The van der Waals surface area contributed by atoms with Gasteiger partial charge >= 0.3 is 0 Å². The second-order valence-corrected chi connectivity index (χ2v) is 17.0. The van der Waals surface area contributed by atoms with Crippen molar-refractivity contribution in [2.24, 2.45) is 5.92 Å². The van der Waals surface area contributed by atoms with Gasteiger partial charge in [0.25, 0.3) is 17.4 Å². The van der Waals surface area contributed by atoms with E-state index in [0.717, 1.165) is 83.6 Å². The van der Waals surface area contributed by atoms with Crippen molar-refractivity contribution in [3.63, 3.8) is 0 Å². The van der Waals surface area contributed by atoms with E-state index in [1.54, 1.807) is 34.1 Å². The second kappa shape index (κ2) is 18.6. The van der Waals surface area contributed by atoms with E-state index in [0.29, 0.717) is 97.5 Å². The van der Waals surface area contributed by atoms with Crippen molar-refractivity contribution in [1.29, 1.82) is 0 Å². The van der Waals surface area contributed by atoms with Crippen molar-refractivity contribution >= 4 is 34.2 Å². The molecule has 0 bridgehead atoms. The number of amides is 3. The van der Waals surface area contributed by atoms with Crippen molar-refractivity contribution in [2.45, 2.75) is 44.9 Å². The number of hydrogen-bond donors (Lipinski definition) is 2. The smallest absolute Gasteiger partial charge is 0.274 e. The van der Waals surface area contributed by atoms with Gasteiger partial charge in [-0.15, -0.1) is 0 Å². The van der Waals surface area contributed by atoms with E-state index in [1.165, 1.54) is 6.07 Å². The van der Waals surface area contributed by atoms with Crippen LogP contribution in [0.2, 0.25) is 0 Å². The quantitative estimate of drug-likeness (QED) is 0.244. The largest absolute Gasteiger partial charge is 0.397 e. The lowest BCUT2D eigenvalue weighted by atomic mass is 9.91. The summed E-state index contributed by atoms with van der Waals surface area (Å²) in [5.74, 6) is -0.120. The first-order valence-electron chi connectivity index (χ1n) is 21.7. The van der Waals surface area contributed by atoms with Crippen LogP contribution in [0.5, 0.6) is 0 Å². The molecule has 1 unspecified atom stereocenters. The molecule has 2 aromatic heterocycles. The van der Waals surface area contributed by atoms with Gasteiger partial charge in [-0.05, 0) is 86.0 Å². The summed E-state index contributed by atoms with van der Waals surface area (Å²) in [5.41, 5.74) is 9.44. The summed E-state index contributed by atoms with van der Waals surface area (Å²) in [7, 11) is 0. The predicted octanol–water partition coefficient (Wildman–Crippen LogP) is 3.28. The number of nitrogens with zero attached hydrogens (tertiary/aromatic N) is 8. The molecule has 4 aliphatic rings. The number of piperazine rings is 2. The number of aromatic amines is 1. The zero-order valence-electron chi connectivity index (χ0n) is 34.7. The molecule has 318 valence electrons. The number of halogens is 1. The van der Waals surface area contributed by atoms with Crippen LogP contribution in [-0.2, 0) is 11.2 Å². The molecular formula is C45H57FN10O4. The maximum atomic E-state index is 15.0. The number of piperidine rings is 2.